The number of carbonyl (C=O) groups excluding carboxylic acids is 1. The van der Waals surface area contributed by atoms with Gasteiger partial charge in [0.2, 0.25) is 5.91 Å². The van der Waals surface area contributed by atoms with Gasteiger partial charge in [0.1, 0.15) is 10.9 Å². The number of hydrogen-bond acceptors (Lipinski definition) is 6. The fourth-order valence-electron chi connectivity index (χ4n) is 3.35. The maximum absolute atomic E-state index is 12.9. The number of benzene rings is 1. The third-order valence-corrected chi connectivity index (χ3v) is 7.19. The van der Waals surface area contributed by atoms with Crippen LogP contribution in [0.15, 0.2) is 34.2 Å². The number of nitrogens with one attached hydrogen (secondary N) is 1. The SMILES string of the molecule is C[C@@H](Sc1nc2sc3c(c2c(=O)n1C)CCC3)C(=O)Nc1ccccc1C#N. The third-order valence-electron chi connectivity index (χ3n) is 4.86. The molecule has 0 saturated carbocycles. The second-order valence-corrected chi connectivity index (χ2v) is 9.09. The van der Waals surface area contributed by atoms with Gasteiger partial charge in [-0.25, -0.2) is 4.98 Å². The Kier molecular flexibility index (Phi) is 4.96. The quantitative estimate of drug-likeness (QED) is 0.526. The molecule has 0 unspecified atom stereocenters. The average Bonchev–Trinajstić information content (AvgIpc) is 3.27. The number of fused-ring (bicyclic) bond motifs is 3. The Morgan fingerprint density at radius 3 is 2.96 bits per heavy atom. The van der Waals surface area contributed by atoms with E-state index in [0.717, 1.165) is 35.0 Å². The highest BCUT2D eigenvalue weighted by atomic mass is 32.2. The zero-order valence-electron chi connectivity index (χ0n) is 15.5. The number of thioether (sulfide) groups is 1. The molecule has 1 N–H and O–H groups in total. The molecule has 0 fully saturated rings. The minimum absolute atomic E-state index is 0.0469. The van der Waals surface area contributed by atoms with Crippen LogP contribution in [0, 0.1) is 11.3 Å². The van der Waals surface area contributed by atoms with Gasteiger partial charge >= 0.3 is 0 Å². The fourth-order valence-corrected chi connectivity index (χ4v) is 5.52. The van der Waals surface area contributed by atoms with Gasteiger partial charge in [0, 0.05) is 11.9 Å². The molecule has 0 saturated heterocycles. The first-order valence-corrected chi connectivity index (χ1v) is 10.7. The highest BCUT2D eigenvalue weighted by molar-refractivity contribution is 8.00. The van der Waals surface area contributed by atoms with Crippen molar-refractivity contribution in [3.05, 3.63) is 50.6 Å². The molecule has 1 atom stereocenters. The zero-order chi connectivity index (χ0) is 19.8. The van der Waals surface area contributed by atoms with Crippen LogP contribution in [0.2, 0.25) is 0 Å². The van der Waals surface area contributed by atoms with Crippen LogP contribution in [0.1, 0.15) is 29.3 Å². The predicted molar refractivity (Wildman–Crippen MR) is 112 cm³/mol. The maximum atomic E-state index is 12.9. The van der Waals surface area contributed by atoms with Gasteiger partial charge in [0.05, 0.1) is 21.9 Å². The molecule has 2 heterocycles. The van der Waals surface area contributed by atoms with Gasteiger partial charge < -0.3 is 5.32 Å². The molecule has 8 heteroatoms. The summed E-state index contributed by atoms with van der Waals surface area (Å²) in [5.41, 5.74) is 2.00. The Bertz CT molecular complexity index is 1190. The molecule has 0 bridgehead atoms. The van der Waals surface area contributed by atoms with Gasteiger partial charge in [-0.15, -0.1) is 11.3 Å². The van der Waals surface area contributed by atoms with Crippen molar-refractivity contribution in [3.8, 4) is 6.07 Å². The van der Waals surface area contributed by atoms with Crippen LogP contribution in [0.5, 0.6) is 0 Å². The predicted octanol–water partition coefficient (Wildman–Crippen LogP) is 3.47. The Hall–Kier alpha value is -2.63. The molecular formula is C20H18N4O2S2. The van der Waals surface area contributed by atoms with E-state index in [4.69, 9.17) is 5.26 Å². The van der Waals surface area contributed by atoms with E-state index >= 15 is 0 Å². The largest absolute Gasteiger partial charge is 0.324 e. The smallest absolute Gasteiger partial charge is 0.262 e. The van der Waals surface area contributed by atoms with E-state index < -0.39 is 5.25 Å². The van der Waals surface area contributed by atoms with Crippen LogP contribution >= 0.6 is 23.1 Å². The summed E-state index contributed by atoms with van der Waals surface area (Å²) in [5.74, 6) is -0.240. The first-order chi connectivity index (χ1) is 13.5. The number of nitrogens with zero attached hydrogens (tertiary/aromatic N) is 3. The summed E-state index contributed by atoms with van der Waals surface area (Å²) in [6, 6.07) is 8.93. The van der Waals surface area contributed by atoms with Gasteiger partial charge in [-0.1, -0.05) is 23.9 Å². The number of aryl methyl sites for hydroxylation is 2. The highest BCUT2D eigenvalue weighted by Crippen LogP contribution is 2.35. The molecule has 0 spiro atoms. The highest BCUT2D eigenvalue weighted by Gasteiger charge is 2.24. The number of carbonyl (C=O) groups is 1. The van der Waals surface area contributed by atoms with Gasteiger partial charge in [-0.2, -0.15) is 5.26 Å². The second-order valence-electron chi connectivity index (χ2n) is 6.70. The summed E-state index contributed by atoms with van der Waals surface area (Å²) in [6.45, 7) is 1.76. The molecule has 6 nitrogen and oxygen atoms in total. The Labute approximate surface area is 170 Å². The van der Waals surface area contributed by atoms with Crippen LogP contribution in [0.4, 0.5) is 5.69 Å². The van der Waals surface area contributed by atoms with E-state index in [9.17, 15) is 9.59 Å². The molecule has 0 radical (unpaired) electrons. The molecule has 0 aliphatic heterocycles. The molecule has 2 aromatic heterocycles. The van der Waals surface area contributed by atoms with Gasteiger partial charge in [-0.3, -0.25) is 14.2 Å². The second kappa shape index (κ2) is 7.41. The molecular weight excluding hydrogens is 392 g/mol. The first kappa shape index (κ1) is 18.7. The van der Waals surface area contributed by atoms with Crippen LogP contribution in [-0.4, -0.2) is 20.7 Å². The van der Waals surface area contributed by atoms with E-state index in [1.54, 1.807) is 49.6 Å². The van der Waals surface area contributed by atoms with E-state index in [-0.39, 0.29) is 11.5 Å². The lowest BCUT2D eigenvalue weighted by Crippen LogP contribution is -2.25. The van der Waals surface area contributed by atoms with E-state index in [2.05, 4.69) is 16.4 Å². The molecule has 142 valence electrons. The Morgan fingerprint density at radius 2 is 2.18 bits per heavy atom. The van der Waals surface area contributed by atoms with E-state index in [0.29, 0.717) is 16.4 Å². The summed E-state index contributed by atoms with van der Waals surface area (Å²) in [5, 5.41) is 12.7. The van der Waals surface area contributed by atoms with E-state index in [1.807, 2.05) is 0 Å². The number of rotatable bonds is 4. The maximum Gasteiger partial charge on any atom is 0.262 e. The average molecular weight is 411 g/mol. The minimum atomic E-state index is -0.478. The van der Waals surface area contributed by atoms with Crippen molar-refractivity contribution in [1.82, 2.24) is 9.55 Å². The summed E-state index contributed by atoms with van der Waals surface area (Å²) in [7, 11) is 1.70. The van der Waals surface area contributed by atoms with Crippen LogP contribution in [0.25, 0.3) is 10.2 Å². The molecule has 3 aromatic rings. The number of nitriles is 1. The number of para-hydroxylation sites is 1. The Morgan fingerprint density at radius 1 is 1.39 bits per heavy atom. The van der Waals surface area contributed by atoms with Crippen LogP contribution in [-0.2, 0) is 24.7 Å². The van der Waals surface area contributed by atoms with Crippen molar-refractivity contribution < 1.29 is 4.79 Å². The lowest BCUT2D eigenvalue weighted by molar-refractivity contribution is -0.115. The summed E-state index contributed by atoms with van der Waals surface area (Å²) >= 11 is 2.84. The standard InChI is InChI=1S/C20H18N4O2S2/c1-11(17(25)22-14-8-4-3-6-12(14)10-21)27-20-23-18-16(19(26)24(20)2)13-7-5-9-15(13)28-18/h3-4,6,8,11H,5,7,9H2,1-2H3,(H,22,25)/t11-/m1/s1. The number of thiophene rings is 1. The molecule has 1 aliphatic rings. The number of aromatic nitrogens is 2. The van der Waals surface area contributed by atoms with Crippen molar-refractivity contribution in [2.45, 2.75) is 36.6 Å². The lowest BCUT2D eigenvalue weighted by Gasteiger charge is -2.14. The summed E-state index contributed by atoms with van der Waals surface area (Å²) in [4.78, 5) is 32.2. The lowest BCUT2D eigenvalue weighted by atomic mass is 10.2. The molecule has 1 aromatic carbocycles. The van der Waals surface area contributed by atoms with Gasteiger partial charge in [0.25, 0.3) is 5.56 Å². The molecule has 1 amide bonds. The molecule has 4 rings (SSSR count). The third kappa shape index (κ3) is 3.21. The molecule has 1 aliphatic carbocycles. The van der Waals surface area contributed by atoms with Crippen molar-refractivity contribution in [2.75, 3.05) is 5.32 Å². The topological polar surface area (TPSA) is 87.8 Å². The zero-order valence-corrected chi connectivity index (χ0v) is 17.1. The van der Waals surface area contributed by atoms with Gasteiger partial charge in [-0.05, 0) is 43.9 Å². The summed E-state index contributed by atoms with van der Waals surface area (Å²) < 4.78 is 1.53. The molecule has 28 heavy (non-hydrogen) atoms. The van der Waals surface area contributed by atoms with Crippen molar-refractivity contribution in [2.24, 2.45) is 7.05 Å². The number of amides is 1. The van der Waals surface area contributed by atoms with E-state index in [1.165, 1.54) is 21.2 Å². The summed E-state index contributed by atoms with van der Waals surface area (Å²) in [6.07, 6.45) is 3.05. The van der Waals surface area contributed by atoms with Crippen molar-refractivity contribution in [3.63, 3.8) is 0 Å². The van der Waals surface area contributed by atoms with Gasteiger partial charge in [0.15, 0.2) is 5.16 Å². The normalized spacial score (nSPS) is 13.9. The monoisotopic (exact) mass is 410 g/mol. The first-order valence-electron chi connectivity index (χ1n) is 8.97. The number of anilines is 1. The van der Waals surface area contributed by atoms with Crippen molar-refractivity contribution >= 4 is 44.9 Å². The minimum Gasteiger partial charge on any atom is -0.324 e. The van der Waals surface area contributed by atoms with Crippen LogP contribution in [0.3, 0.4) is 0 Å². The van der Waals surface area contributed by atoms with Crippen molar-refractivity contribution in [1.29, 1.82) is 5.26 Å². The Balaban J connectivity index is 1.59. The number of hydrogen-bond donors (Lipinski definition) is 1. The van der Waals surface area contributed by atoms with Crippen LogP contribution < -0.4 is 10.9 Å². The fraction of sp³-hybridized carbons (Fsp3) is 0.300.